The first-order valence-corrected chi connectivity index (χ1v) is 17.8. The Labute approximate surface area is 309 Å². The van der Waals surface area contributed by atoms with E-state index < -0.39 is 100 Å². The van der Waals surface area contributed by atoms with Crippen LogP contribution in [0.1, 0.15) is 79.3 Å². The number of hydrogen-bond donors (Lipinski definition) is 1. The minimum absolute atomic E-state index is 0.0584. The van der Waals surface area contributed by atoms with Crippen LogP contribution < -0.4 is 0 Å². The average Bonchev–Trinajstić information content (AvgIpc) is 3.20. The first kappa shape index (κ1) is 40.1. The molecule has 5 rings (SSSR count). The van der Waals surface area contributed by atoms with Gasteiger partial charge >= 0.3 is 29.8 Å². The molecular formula is C39H51NO13. The molecule has 14 nitrogen and oxygen atoms in total. The molecule has 14 heteroatoms. The van der Waals surface area contributed by atoms with Gasteiger partial charge in [0.2, 0.25) is 0 Å². The highest BCUT2D eigenvalue weighted by Gasteiger charge is 2.82. The van der Waals surface area contributed by atoms with Crippen molar-refractivity contribution in [3.63, 3.8) is 0 Å². The minimum Gasteiger partial charge on any atom is -0.462 e. The Morgan fingerprint density at radius 3 is 2.00 bits per heavy atom. The number of rotatable bonds is 9. The van der Waals surface area contributed by atoms with Crippen molar-refractivity contribution in [1.82, 2.24) is 4.90 Å². The van der Waals surface area contributed by atoms with E-state index in [4.69, 9.17) is 28.4 Å². The lowest BCUT2D eigenvalue weighted by Gasteiger charge is -2.64. The molecule has 0 spiro atoms. The van der Waals surface area contributed by atoms with Crippen molar-refractivity contribution in [3.8, 4) is 0 Å². The Bertz CT molecular complexity index is 1680. The Balaban J connectivity index is 1.73. The Hall–Kier alpha value is -4.14. The van der Waals surface area contributed by atoms with Crippen LogP contribution in [0.15, 0.2) is 42.5 Å². The molecule has 12 atom stereocenters. The first-order valence-electron chi connectivity index (χ1n) is 17.8. The van der Waals surface area contributed by atoms with Crippen molar-refractivity contribution >= 4 is 35.6 Å². The maximum Gasteiger partial charge on any atom is 0.308 e. The summed E-state index contributed by atoms with van der Waals surface area (Å²) in [5, 5.41) is 13.1. The maximum absolute atomic E-state index is 14.2. The molecule has 290 valence electrons. The lowest BCUT2D eigenvalue weighted by molar-refractivity contribution is -0.295. The summed E-state index contributed by atoms with van der Waals surface area (Å²) in [5.74, 6) is -6.51. The third-order valence-electron chi connectivity index (χ3n) is 12.3. The highest BCUT2D eigenvalue weighted by Crippen LogP contribution is 2.67. The fraction of sp³-hybridized carbons (Fsp3) is 0.641. The molecule has 1 N–H and O–H groups in total. The molecule has 1 aromatic rings. The maximum atomic E-state index is 14.2. The Morgan fingerprint density at radius 1 is 0.887 bits per heavy atom. The van der Waals surface area contributed by atoms with Crippen LogP contribution >= 0.6 is 0 Å². The lowest BCUT2D eigenvalue weighted by Crippen LogP contribution is -2.80. The van der Waals surface area contributed by atoms with Crippen LogP contribution in [0.2, 0.25) is 0 Å². The van der Waals surface area contributed by atoms with E-state index in [1.54, 1.807) is 13.8 Å². The number of carbonyl (C=O) groups excluding carboxylic acids is 6. The van der Waals surface area contributed by atoms with Crippen LogP contribution in [0.4, 0.5) is 0 Å². The van der Waals surface area contributed by atoms with Gasteiger partial charge in [0.05, 0.1) is 18.4 Å². The molecule has 3 saturated carbocycles. The largest absolute Gasteiger partial charge is 0.462 e. The van der Waals surface area contributed by atoms with Crippen molar-refractivity contribution < 1.29 is 62.3 Å². The first-order chi connectivity index (χ1) is 24.6. The van der Waals surface area contributed by atoms with Crippen LogP contribution in [0, 0.1) is 22.7 Å². The Morgan fingerprint density at radius 2 is 1.45 bits per heavy atom. The average molecular weight is 742 g/mol. The molecule has 4 fully saturated rings. The van der Waals surface area contributed by atoms with Crippen LogP contribution in [-0.2, 0) is 57.2 Å². The zero-order chi connectivity index (χ0) is 39.4. The van der Waals surface area contributed by atoms with Crippen LogP contribution in [0.3, 0.4) is 0 Å². The number of Topliss-reactive ketones (excluding diaryl/α,β-unsaturated/α-hetero) is 1. The fourth-order valence-electron chi connectivity index (χ4n) is 9.71. The monoisotopic (exact) mass is 741 g/mol. The predicted octanol–water partition coefficient (Wildman–Crippen LogP) is 3.03. The second kappa shape index (κ2) is 14.3. The number of aliphatic hydroxyl groups is 1. The quantitative estimate of drug-likeness (QED) is 0.222. The molecule has 0 radical (unpaired) electrons. The smallest absolute Gasteiger partial charge is 0.308 e. The highest BCUT2D eigenvalue weighted by atomic mass is 16.6. The number of fused-ring (bicyclic) bond motifs is 1. The third kappa shape index (κ3) is 6.46. The van der Waals surface area contributed by atoms with Gasteiger partial charge in [-0.05, 0) is 32.2 Å². The summed E-state index contributed by atoms with van der Waals surface area (Å²) in [7, 11) is 3.68. The molecule has 4 bridgehead atoms. The SMILES string of the molecule is C=C1C(OC(=O)CC(c2ccccc2)N(C)C)CC(OC(C)=O)C2(C)C(OC(C)=O)C(OC(C)=O)C3(O)C4(C)OCC3(C)C(CC4=O)C(OC(C)=O)C12. The minimum atomic E-state index is -2.36. The molecule has 1 saturated heterocycles. The zero-order valence-corrected chi connectivity index (χ0v) is 31.8. The van der Waals surface area contributed by atoms with E-state index >= 15 is 0 Å². The molecular weight excluding hydrogens is 690 g/mol. The Kier molecular flexibility index (Phi) is 10.8. The van der Waals surface area contributed by atoms with Crippen LogP contribution in [0.25, 0.3) is 0 Å². The van der Waals surface area contributed by atoms with Gasteiger partial charge in [-0.15, -0.1) is 0 Å². The second-order valence-corrected chi connectivity index (χ2v) is 15.7. The van der Waals surface area contributed by atoms with Gasteiger partial charge in [-0.1, -0.05) is 50.8 Å². The number of ketones is 1. The molecule has 12 unspecified atom stereocenters. The normalized spacial score (nSPS) is 38.1. The number of nitrogens with zero attached hydrogens (tertiary/aromatic N) is 1. The summed E-state index contributed by atoms with van der Waals surface area (Å²) >= 11 is 0. The van der Waals surface area contributed by atoms with Crippen molar-refractivity contribution in [1.29, 1.82) is 0 Å². The van der Waals surface area contributed by atoms with E-state index in [1.807, 2.05) is 49.3 Å². The van der Waals surface area contributed by atoms with Crippen molar-refractivity contribution in [3.05, 3.63) is 48.0 Å². The van der Waals surface area contributed by atoms with Crippen LogP contribution in [-0.4, -0.2) is 108 Å². The van der Waals surface area contributed by atoms with Gasteiger partial charge in [-0.2, -0.15) is 0 Å². The number of hydrogen-bond acceptors (Lipinski definition) is 14. The van der Waals surface area contributed by atoms with Gasteiger partial charge in [-0.25, -0.2) is 0 Å². The van der Waals surface area contributed by atoms with Crippen LogP contribution in [0.5, 0.6) is 0 Å². The predicted molar refractivity (Wildman–Crippen MR) is 185 cm³/mol. The van der Waals surface area contributed by atoms with Gasteiger partial charge in [0.15, 0.2) is 23.6 Å². The third-order valence-corrected chi connectivity index (χ3v) is 12.3. The van der Waals surface area contributed by atoms with Gasteiger partial charge in [0.25, 0.3) is 0 Å². The zero-order valence-electron chi connectivity index (χ0n) is 31.8. The summed E-state index contributed by atoms with van der Waals surface area (Å²) in [6.07, 6.45) is -7.59. The summed E-state index contributed by atoms with van der Waals surface area (Å²) in [5.41, 5.74) is -6.36. The molecule has 0 amide bonds. The van der Waals surface area contributed by atoms with E-state index in [0.717, 1.165) is 19.4 Å². The molecule has 0 aromatic heterocycles. The standard InChI is InChI=1S/C39H51NO13/c1-20-28(53-31(46)17-27(40(9)10)25-14-12-11-13-15-25)18-30(49-21(2)41)37(7)32(20)33(50-22(3)42)26-16-29(45)38(8)39(47,36(26,6)19-48-38)35(52-24(5)44)34(37)51-23(4)43/h11-15,26-28,30,32-35,47H,1,16-19H2,2-10H3. The van der Waals surface area contributed by atoms with Gasteiger partial charge in [0.1, 0.15) is 23.9 Å². The van der Waals surface area contributed by atoms with Gasteiger partial charge in [-0.3, -0.25) is 28.8 Å². The van der Waals surface area contributed by atoms with Gasteiger partial charge in [0, 0.05) is 63.8 Å². The van der Waals surface area contributed by atoms with Crippen molar-refractivity contribution in [2.45, 2.75) is 115 Å². The van der Waals surface area contributed by atoms with E-state index in [9.17, 15) is 33.9 Å². The summed E-state index contributed by atoms with van der Waals surface area (Å²) in [4.78, 5) is 81.8. The van der Waals surface area contributed by atoms with Crippen molar-refractivity contribution in [2.24, 2.45) is 22.7 Å². The molecule has 1 aromatic carbocycles. The van der Waals surface area contributed by atoms with E-state index in [0.29, 0.717) is 0 Å². The summed E-state index contributed by atoms with van der Waals surface area (Å²) in [6, 6.07) is 9.05. The lowest BCUT2D eigenvalue weighted by atomic mass is 9.44. The number of esters is 5. The second-order valence-electron chi connectivity index (χ2n) is 15.7. The topological polar surface area (TPSA) is 181 Å². The molecule has 1 heterocycles. The number of carbonyl (C=O) groups is 6. The van der Waals surface area contributed by atoms with E-state index in [-0.39, 0.29) is 37.5 Å². The van der Waals surface area contributed by atoms with E-state index in [2.05, 4.69) is 6.58 Å². The fourth-order valence-corrected chi connectivity index (χ4v) is 9.71. The summed E-state index contributed by atoms with van der Waals surface area (Å²) in [6.45, 7) is 13.4. The number of benzene rings is 1. The molecule has 3 aliphatic carbocycles. The van der Waals surface area contributed by atoms with Gasteiger partial charge < -0.3 is 38.4 Å². The summed E-state index contributed by atoms with van der Waals surface area (Å²) < 4.78 is 36.4. The van der Waals surface area contributed by atoms with E-state index in [1.165, 1.54) is 20.8 Å². The molecule has 4 aliphatic rings. The molecule has 53 heavy (non-hydrogen) atoms. The van der Waals surface area contributed by atoms with Crippen molar-refractivity contribution in [2.75, 3.05) is 20.7 Å². The molecule has 1 aliphatic heterocycles. The number of ether oxygens (including phenoxy) is 6. The highest BCUT2D eigenvalue weighted by molar-refractivity contribution is 5.91.